The molecule has 0 saturated carbocycles. The second kappa shape index (κ2) is 4.69. The first-order chi connectivity index (χ1) is 7.29. The van der Waals surface area contributed by atoms with Gasteiger partial charge in [0.15, 0.2) is 0 Å². The van der Waals surface area contributed by atoms with E-state index in [0.717, 1.165) is 10.5 Å². The SMILES string of the molecule is C[C@@H](N)c1ccc(N(C)CC(F)(F)F)nc1. The molecule has 0 aliphatic rings. The zero-order valence-corrected chi connectivity index (χ0v) is 9.12. The molecule has 1 aromatic rings. The van der Waals surface area contributed by atoms with E-state index in [1.165, 1.54) is 19.3 Å². The van der Waals surface area contributed by atoms with Gasteiger partial charge in [0.05, 0.1) is 0 Å². The third-order valence-corrected chi connectivity index (χ3v) is 2.10. The molecule has 0 aromatic carbocycles. The molecule has 90 valence electrons. The Bertz CT molecular complexity index is 332. The van der Waals surface area contributed by atoms with Gasteiger partial charge in [-0.3, -0.25) is 0 Å². The summed E-state index contributed by atoms with van der Waals surface area (Å²) in [7, 11) is 1.35. The summed E-state index contributed by atoms with van der Waals surface area (Å²) in [5.74, 6) is 0.279. The summed E-state index contributed by atoms with van der Waals surface area (Å²) in [5, 5.41) is 0. The highest BCUT2D eigenvalue weighted by molar-refractivity contribution is 5.38. The predicted molar refractivity (Wildman–Crippen MR) is 56.2 cm³/mol. The van der Waals surface area contributed by atoms with Crippen LogP contribution in [0, 0.1) is 0 Å². The van der Waals surface area contributed by atoms with Crippen LogP contribution < -0.4 is 10.6 Å². The van der Waals surface area contributed by atoms with Crippen LogP contribution >= 0.6 is 0 Å². The standard InChI is InChI=1S/C10H14F3N3/c1-7(14)8-3-4-9(15-5-8)16(2)6-10(11,12)13/h3-5,7H,6,14H2,1-2H3/t7-/m1/s1. The molecule has 0 bridgehead atoms. The Morgan fingerprint density at radius 2 is 2.06 bits per heavy atom. The van der Waals surface area contributed by atoms with Crippen LogP contribution in [-0.2, 0) is 0 Å². The number of anilines is 1. The summed E-state index contributed by atoms with van der Waals surface area (Å²) in [6.07, 6.45) is -2.73. The molecule has 6 heteroatoms. The van der Waals surface area contributed by atoms with Gasteiger partial charge in [0.2, 0.25) is 0 Å². The van der Waals surface area contributed by atoms with Gasteiger partial charge in [0.25, 0.3) is 0 Å². The highest BCUT2D eigenvalue weighted by Crippen LogP contribution is 2.20. The van der Waals surface area contributed by atoms with E-state index in [-0.39, 0.29) is 11.9 Å². The van der Waals surface area contributed by atoms with E-state index < -0.39 is 12.7 Å². The number of aromatic nitrogens is 1. The predicted octanol–water partition coefficient (Wildman–Crippen LogP) is 2.10. The fraction of sp³-hybridized carbons (Fsp3) is 0.500. The van der Waals surface area contributed by atoms with Gasteiger partial charge in [0.1, 0.15) is 12.4 Å². The minimum Gasteiger partial charge on any atom is -0.351 e. The summed E-state index contributed by atoms with van der Waals surface area (Å²) in [5.41, 5.74) is 6.40. The van der Waals surface area contributed by atoms with Crippen LogP contribution in [0.2, 0.25) is 0 Å². The van der Waals surface area contributed by atoms with Crippen molar-refractivity contribution in [2.45, 2.75) is 19.1 Å². The molecule has 0 aliphatic carbocycles. The van der Waals surface area contributed by atoms with Crippen molar-refractivity contribution in [2.24, 2.45) is 5.73 Å². The minimum atomic E-state index is -4.23. The molecule has 1 rings (SSSR count). The Hall–Kier alpha value is -1.30. The Kier molecular flexibility index (Phi) is 3.74. The minimum absolute atomic E-state index is 0.172. The quantitative estimate of drug-likeness (QED) is 0.869. The molecule has 16 heavy (non-hydrogen) atoms. The number of rotatable bonds is 3. The average Bonchev–Trinajstić information content (AvgIpc) is 2.15. The van der Waals surface area contributed by atoms with Gasteiger partial charge in [-0.05, 0) is 18.6 Å². The van der Waals surface area contributed by atoms with Crippen molar-refractivity contribution in [1.29, 1.82) is 0 Å². The largest absolute Gasteiger partial charge is 0.405 e. The lowest BCUT2D eigenvalue weighted by Crippen LogP contribution is -2.31. The molecular weight excluding hydrogens is 219 g/mol. The van der Waals surface area contributed by atoms with E-state index >= 15 is 0 Å². The van der Waals surface area contributed by atoms with Crippen LogP contribution in [0.15, 0.2) is 18.3 Å². The van der Waals surface area contributed by atoms with E-state index in [9.17, 15) is 13.2 Å². The third kappa shape index (κ3) is 3.69. The molecule has 1 heterocycles. The van der Waals surface area contributed by atoms with Crippen molar-refractivity contribution in [3.05, 3.63) is 23.9 Å². The second-order valence-corrected chi connectivity index (χ2v) is 3.71. The lowest BCUT2D eigenvalue weighted by molar-refractivity contribution is -0.119. The Morgan fingerprint density at radius 1 is 1.44 bits per heavy atom. The van der Waals surface area contributed by atoms with E-state index in [4.69, 9.17) is 5.73 Å². The molecular formula is C10H14F3N3. The summed E-state index contributed by atoms with van der Waals surface area (Å²) < 4.78 is 36.3. The maximum Gasteiger partial charge on any atom is 0.405 e. The Morgan fingerprint density at radius 3 is 2.44 bits per heavy atom. The zero-order valence-electron chi connectivity index (χ0n) is 9.12. The molecule has 3 nitrogen and oxygen atoms in total. The number of pyridine rings is 1. The van der Waals surface area contributed by atoms with Crippen LogP contribution in [0.5, 0.6) is 0 Å². The number of halogens is 3. The molecule has 2 N–H and O–H groups in total. The number of nitrogens with zero attached hydrogens (tertiary/aromatic N) is 2. The van der Waals surface area contributed by atoms with E-state index in [1.54, 1.807) is 13.0 Å². The van der Waals surface area contributed by atoms with Crippen LogP contribution in [0.25, 0.3) is 0 Å². The second-order valence-electron chi connectivity index (χ2n) is 3.71. The van der Waals surface area contributed by atoms with Crippen molar-refractivity contribution in [2.75, 3.05) is 18.5 Å². The third-order valence-electron chi connectivity index (χ3n) is 2.10. The van der Waals surface area contributed by atoms with Gasteiger partial charge in [0, 0.05) is 19.3 Å². The number of nitrogens with two attached hydrogens (primary N) is 1. The lowest BCUT2D eigenvalue weighted by atomic mass is 10.1. The Balaban J connectivity index is 2.74. The summed E-state index contributed by atoms with van der Waals surface area (Å²) in [6.45, 7) is 0.771. The molecule has 0 fully saturated rings. The molecule has 0 amide bonds. The van der Waals surface area contributed by atoms with Gasteiger partial charge in [-0.15, -0.1) is 0 Å². The highest BCUT2D eigenvalue weighted by atomic mass is 19.4. The van der Waals surface area contributed by atoms with Crippen LogP contribution in [0.4, 0.5) is 19.0 Å². The monoisotopic (exact) mass is 233 g/mol. The van der Waals surface area contributed by atoms with Gasteiger partial charge >= 0.3 is 6.18 Å². The van der Waals surface area contributed by atoms with Gasteiger partial charge in [-0.1, -0.05) is 6.07 Å². The van der Waals surface area contributed by atoms with Crippen molar-refractivity contribution in [3.63, 3.8) is 0 Å². The van der Waals surface area contributed by atoms with Crippen LogP contribution in [0.1, 0.15) is 18.5 Å². The zero-order chi connectivity index (χ0) is 12.3. The topological polar surface area (TPSA) is 42.1 Å². The molecule has 1 atom stereocenters. The fourth-order valence-corrected chi connectivity index (χ4v) is 1.24. The lowest BCUT2D eigenvalue weighted by Gasteiger charge is -2.20. The van der Waals surface area contributed by atoms with Gasteiger partial charge in [-0.2, -0.15) is 13.2 Å². The van der Waals surface area contributed by atoms with Crippen LogP contribution in [0.3, 0.4) is 0 Å². The van der Waals surface area contributed by atoms with E-state index in [1.807, 2.05) is 0 Å². The van der Waals surface area contributed by atoms with Crippen LogP contribution in [-0.4, -0.2) is 24.8 Å². The van der Waals surface area contributed by atoms with E-state index in [0.29, 0.717) is 0 Å². The number of hydrogen-bond acceptors (Lipinski definition) is 3. The summed E-state index contributed by atoms with van der Waals surface area (Å²) in [4.78, 5) is 4.98. The van der Waals surface area contributed by atoms with Gasteiger partial charge < -0.3 is 10.6 Å². The maximum absolute atomic E-state index is 12.1. The normalized spacial score (nSPS) is 13.6. The summed E-state index contributed by atoms with van der Waals surface area (Å²) >= 11 is 0. The Labute approximate surface area is 92.1 Å². The van der Waals surface area contributed by atoms with Crippen molar-refractivity contribution >= 4 is 5.82 Å². The van der Waals surface area contributed by atoms with Crippen molar-refractivity contribution in [1.82, 2.24) is 4.98 Å². The fourth-order valence-electron chi connectivity index (χ4n) is 1.24. The average molecular weight is 233 g/mol. The molecule has 0 radical (unpaired) electrons. The first kappa shape index (κ1) is 12.8. The highest BCUT2D eigenvalue weighted by Gasteiger charge is 2.29. The first-order valence-electron chi connectivity index (χ1n) is 4.79. The maximum atomic E-state index is 12.1. The van der Waals surface area contributed by atoms with E-state index in [2.05, 4.69) is 4.98 Å². The smallest absolute Gasteiger partial charge is 0.351 e. The molecule has 0 aliphatic heterocycles. The van der Waals surface area contributed by atoms with Crippen molar-refractivity contribution < 1.29 is 13.2 Å². The van der Waals surface area contributed by atoms with Gasteiger partial charge in [-0.25, -0.2) is 4.98 Å². The molecule has 1 aromatic heterocycles. The molecule has 0 spiro atoms. The number of alkyl halides is 3. The molecule has 0 unspecified atom stereocenters. The first-order valence-corrected chi connectivity index (χ1v) is 4.79. The summed E-state index contributed by atoms with van der Waals surface area (Å²) in [6, 6.07) is 3.04. The molecule has 0 saturated heterocycles. The van der Waals surface area contributed by atoms with Crippen molar-refractivity contribution in [3.8, 4) is 0 Å². The number of hydrogen-bond donors (Lipinski definition) is 1.